The first-order valence-electron chi connectivity index (χ1n) is 4.23. The van der Waals surface area contributed by atoms with Crippen LogP contribution in [0.1, 0.15) is 0 Å². The fourth-order valence-electron chi connectivity index (χ4n) is 0.841. The summed E-state index contributed by atoms with van der Waals surface area (Å²) in [5, 5.41) is 20.5. The van der Waals surface area contributed by atoms with E-state index >= 15 is 0 Å². The van der Waals surface area contributed by atoms with E-state index in [-0.39, 0.29) is 70.3 Å². The Kier molecular flexibility index (Phi) is 31.9. The van der Waals surface area contributed by atoms with Crippen molar-refractivity contribution < 1.29 is 56.7 Å². The van der Waals surface area contributed by atoms with Crippen molar-refractivity contribution in [3.63, 3.8) is 0 Å². The zero-order valence-electron chi connectivity index (χ0n) is 10.3. The van der Waals surface area contributed by atoms with Crippen LogP contribution >= 0.6 is 0 Å². The summed E-state index contributed by atoms with van der Waals surface area (Å²) in [4.78, 5) is 0. The predicted octanol–water partition coefficient (Wildman–Crippen LogP) is -4.15. The molecule has 0 atom stereocenters. The summed E-state index contributed by atoms with van der Waals surface area (Å²) in [7, 11) is 0. The molecule has 2 aromatic rings. The maximum absolute atomic E-state index is 10.3. The Balaban J connectivity index is -0.0000000544. The molecule has 19 heavy (non-hydrogen) atoms. The van der Waals surface area contributed by atoms with Gasteiger partial charge in [0.2, 0.25) is 0 Å². The van der Waals surface area contributed by atoms with E-state index in [1.807, 2.05) is 12.1 Å². The van der Waals surface area contributed by atoms with Crippen LogP contribution in [0.25, 0.3) is 0 Å². The number of halogens is 2. The Morgan fingerprint density at radius 2 is 0.737 bits per heavy atom. The standard InChI is InChI=1S/2C6H6O.2ClH.2H3N.Ti/c2*7-6-4-2-1-3-5-6;;;;;/h2*1-5,7H;2*1H;2*1H3;/q;;;;;;+2/p-4. The molecule has 0 aliphatic carbocycles. The van der Waals surface area contributed by atoms with Crippen LogP contribution < -0.4 is 47.3 Å². The van der Waals surface area contributed by atoms with E-state index in [0.717, 1.165) is 0 Å². The summed E-state index contributed by atoms with van der Waals surface area (Å²) < 4.78 is 0. The quantitative estimate of drug-likeness (QED) is 0.474. The van der Waals surface area contributed by atoms with Gasteiger partial charge < -0.3 is 47.3 Å². The molecule has 106 valence electrons. The van der Waals surface area contributed by atoms with Crippen molar-refractivity contribution >= 4 is 0 Å². The van der Waals surface area contributed by atoms with Crippen molar-refractivity contribution in [1.82, 2.24) is 12.3 Å². The zero-order valence-corrected chi connectivity index (χ0v) is 13.3. The molecule has 4 nitrogen and oxygen atoms in total. The van der Waals surface area contributed by atoms with Crippen LogP contribution in [0.2, 0.25) is 0 Å². The summed E-state index contributed by atoms with van der Waals surface area (Å²) in [5.41, 5.74) is 0. The van der Waals surface area contributed by atoms with Gasteiger partial charge in [-0.05, 0) is 0 Å². The third kappa shape index (κ3) is 17.3. The van der Waals surface area contributed by atoms with Gasteiger partial charge in [0, 0.05) is 0 Å². The van der Waals surface area contributed by atoms with E-state index in [1.54, 1.807) is 24.3 Å². The van der Waals surface area contributed by atoms with Crippen LogP contribution in [0.3, 0.4) is 0 Å². The van der Waals surface area contributed by atoms with Crippen LogP contribution in [0.5, 0.6) is 11.5 Å². The Morgan fingerprint density at radius 1 is 0.526 bits per heavy atom. The van der Waals surface area contributed by atoms with Crippen molar-refractivity contribution in [3.8, 4) is 11.5 Å². The molecule has 0 amide bonds. The van der Waals surface area contributed by atoms with Crippen LogP contribution in [0.4, 0.5) is 0 Å². The predicted molar refractivity (Wildman–Crippen MR) is 61.8 cm³/mol. The van der Waals surface area contributed by atoms with Gasteiger partial charge in [-0.25, -0.2) is 0 Å². The van der Waals surface area contributed by atoms with Gasteiger partial charge in [-0.2, -0.15) is 0 Å². The molecule has 0 saturated heterocycles. The molecule has 0 heterocycles. The van der Waals surface area contributed by atoms with Gasteiger partial charge in [-0.3, -0.25) is 0 Å². The zero-order chi connectivity index (χ0) is 10.2. The van der Waals surface area contributed by atoms with Crippen molar-refractivity contribution in [2.45, 2.75) is 0 Å². The molecule has 0 aliphatic rings. The topological polar surface area (TPSA) is 116 Å². The molecular weight excluding hydrogens is 323 g/mol. The average molecular weight is 339 g/mol. The minimum absolute atomic E-state index is 0. The van der Waals surface area contributed by atoms with Crippen LogP contribution in [0, 0.1) is 0 Å². The molecule has 0 saturated carbocycles. The minimum Gasteiger partial charge on any atom is -1.00 e. The maximum atomic E-state index is 10.3. The molecule has 6 N–H and O–H groups in total. The van der Waals surface area contributed by atoms with E-state index in [4.69, 9.17) is 0 Å². The third-order valence-corrected chi connectivity index (χ3v) is 1.49. The van der Waals surface area contributed by atoms with Crippen LogP contribution in [-0.2, 0) is 21.7 Å². The molecule has 0 spiro atoms. The first-order valence-corrected chi connectivity index (χ1v) is 4.23. The second kappa shape index (κ2) is 19.6. The van der Waals surface area contributed by atoms with Gasteiger partial charge in [0.25, 0.3) is 0 Å². The Bertz CT molecular complexity index is 329. The van der Waals surface area contributed by atoms with Gasteiger partial charge in [-0.15, -0.1) is 11.5 Å². The first kappa shape index (κ1) is 30.9. The summed E-state index contributed by atoms with van der Waals surface area (Å²) in [6.07, 6.45) is 0. The van der Waals surface area contributed by atoms with Crippen molar-refractivity contribution in [3.05, 3.63) is 60.7 Å². The maximum Gasteiger partial charge on any atom is 2.00 e. The summed E-state index contributed by atoms with van der Waals surface area (Å²) in [6, 6.07) is 16.7. The fraction of sp³-hybridized carbons (Fsp3) is 0. The molecule has 0 unspecified atom stereocenters. The van der Waals surface area contributed by atoms with Crippen molar-refractivity contribution in [2.24, 2.45) is 0 Å². The molecule has 2 aromatic carbocycles. The molecule has 0 bridgehead atoms. The molecule has 0 aromatic heterocycles. The monoisotopic (exact) mass is 338 g/mol. The Labute approximate surface area is 141 Å². The molecule has 0 fully saturated rings. The summed E-state index contributed by atoms with van der Waals surface area (Å²) in [5.74, 6) is 0.144. The number of hydrogen-bond acceptors (Lipinski definition) is 4. The van der Waals surface area contributed by atoms with Crippen molar-refractivity contribution in [2.75, 3.05) is 0 Å². The first-order chi connectivity index (χ1) is 6.79. The van der Waals surface area contributed by atoms with Gasteiger partial charge in [0.05, 0.1) is 0 Å². The normalized spacial score (nSPS) is 6.32. The third-order valence-electron chi connectivity index (χ3n) is 1.49. The second-order valence-corrected chi connectivity index (χ2v) is 2.63. The molecule has 7 heteroatoms. The largest absolute Gasteiger partial charge is 2.00 e. The molecular formula is C12H16Cl2N2O2Ti-2. The smallest absolute Gasteiger partial charge is 1.00 e. The van der Waals surface area contributed by atoms with Crippen LogP contribution in [0.15, 0.2) is 60.7 Å². The number of para-hydroxylation sites is 2. The molecule has 2 rings (SSSR count). The Hall–Kier alpha value is -0.746. The molecule has 0 aliphatic heterocycles. The van der Waals surface area contributed by atoms with E-state index in [2.05, 4.69) is 0 Å². The van der Waals surface area contributed by atoms with Gasteiger partial charge in [-0.1, -0.05) is 60.7 Å². The Morgan fingerprint density at radius 3 is 0.842 bits per heavy atom. The summed E-state index contributed by atoms with van der Waals surface area (Å²) in [6.45, 7) is 0. The minimum atomic E-state index is 0. The molecule has 0 radical (unpaired) electrons. The van der Waals surface area contributed by atoms with E-state index < -0.39 is 0 Å². The van der Waals surface area contributed by atoms with Gasteiger partial charge in [0.15, 0.2) is 0 Å². The average Bonchev–Trinajstić information content (AvgIpc) is 2.21. The number of benzene rings is 2. The summed E-state index contributed by atoms with van der Waals surface area (Å²) >= 11 is 0. The SMILES string of the molecule is N.N.[Cl-].[Cl-].[O-]c1ccccc1.[O-]c1ccccc1.[Ti+2]. The van der Waals surface area contributed by atoms with Gasteiger partial charge in [0.1, 0.15) is 0 Å². The number of rotatable bonds is 0. The van der Waals surface area contributed by atoms with E-state index in [1.165, 1.54) is 24.3 Å². The van der Waals surface area contributed by atoms with E-state index in [9.17, 15) is 10.2 Å². The van der Waals surface area contributed by atoms with Crippen molar-refractivity contribution in [1.29, 1.82) is 0 Å². The fourth-order valence-corrected chi connectivity index (χ4v) is 0.841. The van der Waals surface area contributed by atoms with Gasteiger partial charge >= 0.3 is 21.7 Å². The van der Waals surface area contributed by atoms with E-state index in [0.29, 0.717) is 0 Å². The second-order valence-electron chi connectivity index (χ2n) is 2.63. The van der Waals surface area contributed by atoms with Crippen LogP contribution in [-0.4, -0.2) is 0 Å². The number of hydrogen-bond donors (Lipinski definition) is 2.